The Hall–Kier alpha value is -5.98. The molecule has 266 valence electrons. The second-order valence-electron chi connectivity index (χ2n) is 17.6. The van der Waals surface area contributed by atoms with E-state index in [1.807, 2.05) is 0 Å². The van der Waals surface area contributed by atoms with Gasteiger partial charge < -0.3 is 0 Å². The predicted molar refractivity (Wildman–Crippen MR) is 236 cm³/mol. The molecule has 5 aliphatic rings. The quantitative estimate of drug-likeness (QED) is 0.160. The van der Waals surface area contributed by atoms with Gasteiger partial charge in [0.2, 0.25) is 0 Å². The van der Waals surface area contributed by atoms with E-state index in [-0.39, 0.29) is 5.41 Å². The van der Waals surface area contributed by atoms with Gasteiger partial charge in [-0.2, -0.15) is 0 Å². The Morgan fingerprint density at radius 1 is 0.339 bits per heavy atom. The van der Waals surface area contributed by atoms with Gasteiger partial charge in [-0.1, -0.05) is 164 Å². The second kappa shape index (κ2) is 11.5. The van der Waals surface area contributed by atoms with Gasteiger partial charge in [0, 0.05) is 5.41 Å². The van der Waals surface area contributed by atoms with E-state index in [1.165, 1.54) is 120 Å². The molecule has 0 heteroatoms. The maximum absolute atomic E-state index is 2.69. The van der Waals surface area contributed by atoms with Crippen molar-refractivity contribution in [1.29, 1.82) is 0 Å². The highest BCUT2D eigenvalue weighted by atomic mass is 14.6. The summed E-state index contributed by atoms with van der Waals surface area (Å²) < 4.78 is 0. The highest BCUT2D eigenvalue weighted by molar-refractivity contribution is 6.21. The lowest BCUT2D eigenvalue weighted by atomic mass is 9.43. The van der Waals surface area contributed by atoms with Crippen molar-refractivity contribution in [3.8, 4) is 44.5 Å². The fraction of sp³-hybridized carbons (Fsp3) is 0.179. The third-order valence-electron chi connectivity index (χ3n) is 15.0. The van der Waals surface area contributed by atoms with Gasteiger partial charge in [-0.3, -0.25) is 0 Å². The number of rotatable bonds is 3. The Labute approximate surface area is 328 Å². The van der Waals surface area contributed by atoms with Crippen LogP contribution in [0.4, 0.5) is 0 Å². The van der Waals surface area contributed by atoms with Crippen molar-refractivity contribution < 1.29 is 0 Å². The van der Waals surface area contributed by atoms with Gasteiger partial charge in [-0.25, -0.2) is 0 Å². The van der Waals surface area contributed by atoms with E-state index in [0.29, 0.717) is 11.8 Å². The fourth-order valence-electron chi connectivity index (χ4n) is 13.2. The third-order valence-corrected chi connectivity index (χ3v) is 15.0. The molecular formula is C56H42. The van der Waals surface area contributed by atoms with E-state index in [0.717, 1.165) is 11.8 Å². The molecule has 5 aliphatic carbocycles. The van der Waals surface area contributed by atoms with Gasteiger partial charge in [0.25, 0.3) is 0 Å². The highest BCUT2D eigenvalue weighted by Crippen LogP contribution is 2.70. The lowest BCUT2D eigenvalue weighted by molar-refractivity contribution is -0.0393. The second-order valence-corrected chi connectivity index (χ2v) is 17.6. The Bertz CT molecular complexity index is 3000. The minimum atomic E-state index is 0.0896. The molecule has 0 nitrogen and oxygen atoms in total. The Kier molecular flexibility index (Phi) is 6.43. The average molecular weight is 715 g/mol. The zero-order valence-electron chi connectivity index (χ0n) is 31.5. The molecule has 0 unspecified atom stereocenters. The zero-order valence-corrected chi connectivity index (χ0v) is 31.5. The molecule has 0 aromatic heterocycles. The van der Waals surface area contributed by atoms with Gasteiger partial charge in [0.15, 0.2) is 0 Å². The summed E-state index contributed by atoms with van der Waals surface area (Å²) in [5.74, 6) is 3.26. The number of hydrogen-bond donors (Lipinski definition) is 0. The molecule has 14 rings (SSSR count). The summed E-state index contributed by atoms with van der Waals surface area (Å²) in [6.07, 6.45) is 7.02. The maximum Gasteiger partial charge on any atom is 0.0278 e. The molecule has 4 bridgehead atoms. The van der Waals surface area contributed by atoms with Crippen molar-refractivity contribution in [3.63, 3.8) is 0 Å². The van der Waals surface area contributed by atoms with Crippen molar-refractivity contribution in [2.75, 3.05) is 0 Å². The van der Waals surface area contributed by atoms with Crippen molar-refractivity contribution in [2.24, 2.45) is 23.7 Å². The first kappa shape index (κ1) is 31.2. The van der Waals surface area contributed by atoms with E-state index in [1.54, 1.807) is 11.1 Å². The van der Waals surface area contributed by atoms with E-state index < -0.39 is 0 Å². The van der Waals surface area contributed by atoms with Crippen LogP contribution in [0.15, 0.2) is 170 Å². The molecule has 0 amide bonds. The van der Waals surface area contributed by atoms with Crippen LogP contribution in [-0.2, 0) is 5.41 Å². The molecule has 1 spiro atoms. The van der Waals surface area contributed by atoms with Crippen molar-refractivity contribution >= 4 is 43.1 Å². The Morgan fingerprint density at radius 3 is 1.46 bits per heavy atom. The Balaban J connectivity index is 1.03. The molecule has 9 aromatic carbocycles. The van der Waals surface area contributed by atoms with Crippen LogP contribution in [0.25, 0.3) is 87.6 Å². The van der Waals surface area contributed by atoms with Crippen molar-refractivity contribution in [3.05, 3.63) is 181 Å². The monoisotopic (exact) mass is 714 g/mol. The molecule has 0 aliphatic heterocycles. The van der Waals surface area contributed by atoms with Crippen LogP contribution in [0.3, 0.4) is 0 Å². The molecule has 4 fully saturated rings. The summed E-state index contributed by atoms with van der Waals surface area (Å²) in [4.78, 5) is 0. The van der Waals surface area contributed by atoms with Crippen LogP contribution in [0.1, 0.15) is 43.2 Å². The molecular weight excluding hydrogens is 673 g/mol. The Morgan fingerprint density at radius 2 is 0.821 bits per heavy atom. The zero-order chi connectivity index (χ0) is 36.5. The molecule has 4 saturated carbocycles. The molecule has 9 aromatic rings. The number of fused-ring (bicyclic) bond motifs is 8. The first-order valence-corrected chi connectivity index (χ1v) is 20.9. The van der Waals surface area contributed by atoms with Crippen LogP contribution in [-0.4, -0.2) is 0 Å². The molecule has 0 N–H and O–H groups in total. The topological polar surface area (TPSA) is 0 Å². The van der Waals surface area contributed by atoms with Gasteiger partial charge in [0.1, 0.15) is 0 Å². The molecule has 0 atom stereocenters. The minimum absolute atomic E-state index is 0.0896. The summed E-state index contributed by atoms with van der Waals surface area (Å²) in [6, 6.07) is 64.9. The minimum Gasteiger partial charge on any atom is -0.0616 e. The molecule has 0 saturated heterocycles. The normalized spacial score (nSPS) is 23.1. The van der Waals surface area contributed by atoms with E-state index in [2.05, 4.69) is 170 Å². The standard InChI is InChI=1S/C56H42/c1-3-13-43-36(10-1)12-9-19-44(43)38-20-22-39(23-21-38)53-47-15-5-7-17-49(47)54(50-18-8-6-16-48(50)53)40-25-26-46-51-27-24-37-11-2-4-14-45(37)55(51)56(52(46)33-40)41-29-34-28-35(31-41)32-42(56)30-34/h1-27,33-35,41-42H,28-32H2. The van der Waals surface area contributed by atoms with Gasteiger partial charge in [-0.05, 0) is 161 Å². The van der Waals surface area contributed by atoms with Crippen molar-refractivity contribution in [2.45, 2.75) is 37.5 Å². The maximum atomic E-state index is 2.69. The van der Waals surface area contributed by atoms with E-state index >= 15 is 0 Å². The first-order chi connectivity index (χ1) is 27.7. The summed E-state index contributed by atoms with van der Waals surface area (Å²) in [7, 11) is 0. The van der Waals surface area contributed by atoms with Gasteiger partial charge in [0.05, 0.1) is 0 Å². The SMILES string of the molecule is c1ccc2c(-c3ccc(-c4c5ccccc5c(-c5ccc6c(c5)C5(c7c-6ccc6ccccc76)C6CC7CC(C6)CC5C7)c5ccccc45)cc3)cccc2c1. The fourth-order valence-corrected chi connectivity index (χ4v) is 13.2. The summed E-state index contributed by atoms with van der Waals surface area (Å²) in [5, 5.41) is 10.8. The summed E-state index contributed by atoms with van der Waals surface area (Å²) in [6.45, 7) is 0. The molecule has 0 radical (unpaired) electrons. The van der Waals surface area contributed by atoms with Crippen LogP contribution in [0.5, 0.6) is 0 Å². The lowest BCUT2D eigenvalue weighted by Gasteiger charge is -2.61. The summed E-state index contributed by atoms with van der Waals surface area (Å²) in [5.41, 5.74) is 14.2. The third kappa shape index (κ3) is 4.15. The molecule has 56 heavy (non-hydrogen) atoms. The van der Waals surface area contributed by atoms with Gasteiger partial charge >= 0.3 is 0 Å². The number of benzene rings is 9. The van der Waals surface area contributed by atoms with Crippen LogP contribution >= 0.6 is 0 Å². The first-order valence-electron chi connectivity index (χ1n) is 20.9. The smallest absolute Gasteiger partial charge is 0.0278 e. The van der Waals surface area contributed by atoms with E-state index in [4.69, 9.17) is 0 Å². The predicted octanol–water partition coefficient (Wildman–Crippen LogP) is 15.0. The van der Waals surface area contributed by atoms with Crippen molar-refractivity contribution in [1.82, 2.24) is 0 Å². The van der Waals surface area contributed by atoms with Crippen LogP contribution in [0.2, 0.25) is 0 Å². The van der Waals surface area contributed by atoms with Crippen LogP contribution in [0, 0.1) is 23.7 Å². The largest absolute Gasteiger partial charge is 0.0616 e. The van der Waals surface area contributed by atoms with E-state index in [9.17, 15) is 0 Å². The highest BCUT2D eigenvalue weighted by Gasteiger charge is 2.62. The average Bonchev–Trinajstić information content (AvgIpc) is 3.55. The molecule has 0 heterocycles. The van der Waals surface area contributed by atoms with Crippen LogP contribution < -0.4 is 0 Å². The van der Waals surface area contributed by atoms with Gasteiger partial charge in [-0.15, -0.1) is 0 Å². The summed E-state index contributed by atoms with van der Waals surface area (Å²) >= 11 is 0. The lowest BCUT2D eigenvalue weighted by Crippen LogP contribution is -2.55. The number of hydrogen-bond acceptors (Lipinski definition) is 0.